The molecule has 24 heavy (non-hydrogen) atoms. The Kier molecular flexibility index (Phi) is 3.30. The number of aromatic nitrogens is 2. The van der Waals surface area contributed by atoms with E-state index < -0.39 is 5.91 Å². The summed E-state index contributed by atoms with van der Waals surface area (Å²) in [6, 6.07) is 8.94. The molecule has 3 aromatic rings. The minimum absolute atomic E-state index is 0.0286. The fraction of sp³-hybridized carbons (Fsp3) is 0.167. The zero-order valence-electron chi connectivity index (χ0n) is 13.1. The van der Waals surface area contributed by atoms with Crippen LogP contribution in [0.1, 0.15) is 15.9 Å². The highest BCUT2D eigenvalue weighted by atomic mass is 16.5. The molecule has 4 rings (SSSR count). The second kappa shape index (κ2) is 5.49. The Bertz CT molecular complexity index is 1010. The summed E-state index contributed by atoms with van der Waals surface area (Å²) in [5.41, 5.74) is 2.25. The zero-order valence-corrected chi connectivity index (χ0v) is 13.1. The molecule has 6 heteroatoms. The van der Waals surface area contributed by atoms with Gasteiger partial charge >= 0.3 is 0 Å². The number of nitrogens with one attached hydrogen (secondary N) is 1. The minimum atomic E-state index is -0.481. The number of methoxy groups -OCH3 is 1. The van der Waals surface area contributed by atoms with Gasteiger partial charge in [0.05, 0.1) is 12.6 Å². The SMILES string of the molecule is COc1c(C(=O)Nc2ccncc2)c(=O)c2cccc3c2n1CC3. The Balaban J connectivity index is 1.92. The quantitative estimate of drug-likeness (QED) is 0.803. The van der Waals surface area contributed by atoms with Crippen molar-refractivity contribution >= 4 is 22.5 Å². The number of rotatable bonds is 3. The van der Waals surface area contributed by atoms with Crippen molar-refractivity contribution in [3.63, 3.8) is 0 Å². The molecular formula is C18H15N3O3. The number of carbonyl (C=O) groups is 1. The maximum absolute atomic E-state index is 12.9. The number of carbonyl (C=O) groups excluding carboxylic acids is 1. The van der Waals surface area contributed by atoms with E-state index in [1.165, 1.54) is 7.11 Å². The molecule has 2 aromatic heterocycles. The summed E-state index contributed by atoms with van der Waals surface area (Å²) in [7, 11) is 1.48. The van der Waals surface area contributed by atoms with E-state index in [0.717, 1.165) is 17.5 Å². The highest BCUT2D eigenvalue weighted by Gasteiger charge is 2.27. The van der Waals surface area contributed by atoms with Gasteiger partial charge in [0, 0.05) is 30.0 Å². The van der Waals surface area contributed by atoms with E-state index in [-0.39, 0.29) is 11.0 Å². The first-order valence-corrected chi connectivity index (χ1v) is 7.64. The minimum Gasteiger partial charge on any atom is -0.481 e. The number of anilines is 1. The predicted octanol–water partition coefficient (Wildman–Crippen LogP) is 2.21. The molecule has 120 valence electrons. The summed E-state index contributed by atoms with van der Waals surface area (Å²) in [4.78, 5) is 29.5. The van der Waals surface area contributed by atoms with Gasteiger partial charge < -0.3 is 14.6 Å². The van der Waals surface area contributed by atoms with Gasteiger partial charge in [-0.25, -0.2) is 0 Å². The zero-order chi connectivity index (χ0) is 16.7. The smallest absolute Gasteiger partial charge is 0.265 e. The maximum Gasteiger partial charge on any atom is 0.265 e. The van der Waals surface area contributed by atoms with Crippen LogP contribution in [-0.2, 0) is 13.0 Å². The fourth-order valence-electron chi connectivity index (χ4n) is 3.25. The lowest BCUT2D eigenvalue weighted by Crippen LogP contribution is -2.25. The molecule has 0 unspecified atom stereocenters. The normalized spacial score (nSPS) is 12.4. The van der Waals surface area contributed by atoms with Crippen LogP contribution in [0.3, 0.4) is 0 Å². The van der Waals surface area contributed by atoms with E-state index in [9.17, 15) is 9.59 Å². The number of benzene rings is 1. The highest BCUT2D eigenvalue weighted by molar-refractivity contribution is 6.08. The largest absolute Gasteiger partial charge is 0.481 e. The number of para-hydroxylation sites is 1. The van der Waals surface area contributed by atoms with Gasteiger partial charge in [-0.15, -0.1) is 0 Å². The lowest BCUT2D eigenvalue weighted by Gasteiger charge is -2.15. The molecule has 1 aromatic carbocycles. The molecular weight excluding hydrogens is 306 g/mol. The van der Waals surface area contributed by atoms with Crippen molar-refractivity contribution in [3.05, 3.63) is 64.1 Å². The van der Waals surface area contributed by atoms with Crippen LogP contribution in [0.2, 0.25) is 0 Å². The number of nitrogens with zero attached hydrogens (tertiary/aromatic N) is 2. The first-order chi connectivity index (χ1) is 11.7. The number of hydrogen-bond acceptors (Lipinski definition) is 4. The second-order valence-corrected chi connectivity index (χ2v) is 5.62. The van der Waals surface area contributed by atoms with Crippen LogP contribution in [0.15, 0.2) is 47.5 Å². The molecule has 0 saturated heterocycles. The Morgan fingerprint density at radius 1 is 1.25 bits per heavy atom. The summed E-state index contributed by atoms with van der Waals surface area (Å²) in [6.07, 6.45) is 3.97. The number of hydrogen-bond donors (Lipinski definition) is 1. The van der Waals surface area contributed by atoms with E-state index >= 15 is 0 Å². The molecule has 0 aliphatic carbocycles. The van der Waals surface area contributed by atoms with Gasteiger partial charge in [0.1, 0.15) is 5.56 Å². The van der Waals surface area contributed by atoms with Crippen LogP contribution in [0.4, 0.5) is 5.69 Å². The molecule has 0 spiro atoms. The summed E-state index contributed by atoms with van der Waals surface area (Å²) in [5.74, 6) is -0.171. The molecule has 0 radical (unpaired) electrons. The molecule has 1 aliphatic rings. The van der Waals surface area contributed by atoms with Crippen molar-refractivity contribution in [2.24, 2.45) is 0 Å². The molecule has 3 heterocycles. The Labute approximate surface area is 137 Å². The molecule has 0 bridgehead atoms. The van der Waals surface area contributed by atoms with Crippen LogP contribution in [-0.4, -0.2) is 22.6 Å². The molecule has 0 saturated carbocycles. The van der Waals surface area contributed by atoms with Crippen LogP contribution in [0.25, 0.3) is 10.9 Å². The van der Waals surface area contributed by atoms with E-state index in [4.69, 9.17) is 4.74 Å². The molecule has 0 atom stereocenters. The lowest BCUT2D eigenvalue weighted by atomic mass is 10.1. The van der Waals surface area contributed by atoms with Crippen molar-refractivity contribution in [1.29, 1.82) is 0 Å². The Morgan fingerprint density at radius 3 is 2.79 bits per heavy atom. The molecule has 1 aliphatic heterocycles. The van der Waals surface area contributed by atoms with Crippen molar-refractivity contribution in [2.45, 2.75) is 13.0 Å². The molecule has 6 nitrogen and oxygen atoms in total. The van der Waals surface area contributed by atoms with Crippen molar-refractivity contribution < 1.29 is 9.53 Å². The summed E-state index contributed by atoms with van der Waals surface area (Å²) >= 11 is 0. The monoisotopic (exact) mass is 321 g/mol. The predicted molar refractivity (Wildman–Crippen MR) is 90.7 cm³/mol. The fourth-order valence-corrected chi connectivity index (χ4v) is 3.25. The van der Waals surface area contributed by atoms with Gasteiger partial charge in [0.15, 0.2) is 0 Å². The van der Waals surface area contributed by atoms with E-state index in [2.05, 4.69) is 10.3 Å². The van der Waals surface area contributed by atoms with Gasteiger partial charge in [-0.3, -0.25) is 14.6 Å². The Hall–Kier alpha value is -3.15. The van der Waals surface area contributed by atoms with Gasteiger partial charge in [-0.2, -0.15) is 0 Å². The number of ether oxygens (including phenoxy) is 1. The van der Waals surface area contributed by atoms with Gasteiger partial charge in [-0.1, -0.05) is 12.1 Å². The lowest BCUT2D eigenvalue weighted by molar-refractivity contribution is 0.102. The van der Waals surface area contributed by atoms with E-state index in [0.29, 0.717) is 23.5 Å². The van der Waals surface area contributed by atoms with Crippen molar-refractivity contribution in [1.82, 2.24) is 9.55 Å². The second-order valence-electron chi connectivity index (χ2n) is 5.62. The average molecular weight is 321 g/mol. The van der Waals surface area contributed by atoms with Gasteiger partial charge in [0.2, 0.25) is 11.3 Å². The first kappa shape index (κ1) is 14.4. The standard InChI is InChI=1S/C18H15N3O3/c1-24-18-14(17(23)20-12-5-8-19-9-6-12)16(22)13-4-2-3-11-7-10-21(18)15(11)13/h2-6,8-9H,7,10H2,1H3,(H,19,20,23). The maximum atomic E-state index is 12.9. The molecule has 1 N–H and O–H groups in total. The first-order valence-electron chi connectivity index (χ1n) is 7.64. The van der Waals surface area contributed by atoms with Crippen LogP contribution in [0, 0.1) is 0 Å². The summed E-state index contributed by atoms with van der Waals surface area (Å²) in [6.45, 7) is 0.689. The average Bonchev–Trinajstić information content (AvgIpc) is 3.03. The number of pyridine rings is 2. The molecule has 0 fully saturated rings. The topological polar surface area (TPSA) is 73.2 Å². The van der Waals surface area contributed by atoms with Gasteiger partial charge in [-0.05, 0) is 30.2 Å². The van der Waals surface area contributed by atoms with Crippen LogP contribution < -0.4 is 15.5 Å². The van der Waals surface area contributed by atoms with Crippen LogP contribution >= 0.6 is 0 Å². The number of amides is 1. The third-order valence-electron chi connectivity index (χ3n) is 4.28. The van der Waals surface area contributed by atoms with Crippen molar-refractivity contribution in [2.75, 3.05) is 12.4 Å². The summed E-state index contributed by atoms with van der Waals surface area (Å²) in [5, 5.41) is 3.28. The van der Waals surface area contributed by atoms with Gasteiger partial charge in [0.25, 0.3) is 5.91 Å². The summed E-state index contributed by atoms with van der Waals surface area (Å²) < 4.78 is 7.35. The van der Waals surface area contributed by atoms with Crippen LogP contribution in [0.5, 0.6) is 5.88 Å². The third kappa shape index (κ3) is 2.07. The number of aryl methyl sites for hydroxylation is 2. The van der Waals surface area contributed by atoms with Crippen molar-refractivity contribution in [3.8, 4) is 5.88 Å². The molecule has 1 amide bonds. The highest BCUT2D eigenvalue weighted by Crippen LogP contribution is 2.30. The van der Waals surface area contributed by atoms with E-state index in [1.807, 2.05) is 16.7 Å². The van der Waals surface area contributed by atoms with E-state index in [1.54, 1.807) is 30.6 Å². The Morgan fingerprint density at radius 2 is 2.04 bits per heavy atom. The third-order valence-corrected chi connectivity index (χ3v) is 4.28.